The van der Waals surface area contributed by atoms with Gasteiger partial charge in [0.2, 0.25) is 5.91 Å². The van der Waals surface area contributed by atoms with Crippen molar-refractivity contribution >= 4 is 5.91 Å². The number of likely N-dealkylation sites (N-methyl/N-ethyl adjacent to an activating group) is 1. The van der Waals surface area contributed by atoms with Crippen LogP contribution in [0.4, 0.5) is 4.39 Å². The van der Waals surface area contributed by atoms with E-state index in [1.165, 1.54) is 31.0 Å². The van der Waals surface area contributed by atoms with Crippen LogP contribution in [0.15, 0.2) is 18.2 Å². The van der Waals surface area contributed by atoms with Crippen LogP contribution in [-0.2, 0) is 6.54 Å². The number of hydrogen-bond donors (Lipinski definition) is 2. The molecule has 3 N–H and O–H groups in total. The molecule has 0 bridgehead atoms. The molecule has 0 aromatic heterocycles. The van der Waals surface area contributed by atoms with Gasteiger partial charge in [0.05, 0.1) is 0 Å². The Morgan fingerprint density at radius 1 is 1.53 bits per heavy atom. The fourth-order valence-corrected chi connectivity index (χ4v) is 2.04. The SMILES string of the molecule is CN(CCNCc1cc(C(N)=O)ccc1F)C1CC1. The third-order valence-electron chi connectivity index (χ3n) is 3.46. The quantitative estimate of drug-likeness (QED) is 0.726. The van der Waals surface area contributed by atoms with Crippen molar-refractivity contribution in [3.63, 3.8) is 0 Å². The summed E-state index contributed by atoms with van der Waals surface area (Å²) in [6, 6.07) is 4.93. The van der Waals surface area contributed by atoms with Crippen LogP contribution < -0.4 is 11.1 Å². The first kappa shape index (κ1) is 14.0. The monoisotopic (exact) mass is 265 g/mol. The minimum atomic E-state index is -0.533. The van der Waals surface area contributed by atoms with Gasteiger partial charge in [-0.05, 0) is 38.1 Å². The molecule has 104 valence electrons. The summed E-state index contributed by atoms with van der Waals surface area (Å²) in [6.45, 7) is 2.15. The van der Waals surface area contributed by atoms with Crippen molar-refractivity contribution in [1.82, 2.24) is 10.2 Å². The lowest BCUT2D eigenvalue weighted by atomic mass is 10.1. The number of carbonyl (C=O) groups is 1. The van der Waals surface area contributed by atoms with Crippen molar-refractivity contribution in [2.75, 3.05) is 20.1 Å². The van der Waals surface area contributed by atoms with Crippen molar-refractivity contribution < 1.29 is 9.18 Å². The van der Waals surface area contributed by atoms with E-state index < -0.39 is 5.91 Å². The summed E-state index contributed by atoms with van der Waals surface area (Å²) in [6.07, 6.45) is 2.57. The van der Waals surface area contributed by atoms with Gasteiger partial charge < -0.3 is 16.0 Å². The van der Waals surface area contributed by atoms with Gasteiger partial charge in [-0.25, -0.2) is 4.39 Å². The van der Waals surface area contributed by atoms with E-state index in [1.54, 1.807) is 0 Å². The lowest BCUT2D eigenvalue weighted by Gasteiger charge is -2.15. The Labute approximate surface area is 112 Å². The van der Waals surface area contributed by atoms with Gasteiger partial charge in [0, 0.05) is 36.8 Å². The summed E-state index contributed by atoms with van der Waals surface area (Å²) in [4.78, 5) is 13.3. The topological polar surface area (TPSA) is 58.4 Å². The third-order valence-corrected chi connectivity index (χ3v) is 3.46. The molecular formula is C14H20FN3O. The average molecular weight is 265 g/mol. The van der Waals surface area contributed by atoms with Crippen LogP contribution in [0.3, 0.4) is 0 Å². The van der Waals surface area contributed by atoms with Crippen molar-refractivity contribution in [3.8, 4) is 0 Å². The van der Waals surface area contributed by atoms with Gasteiger partial charge in [-0.3, -0.25) is 4.79 Å². The maximum Gasteiger partial charge on any atom is 0.248 e. The van der Waals surface area contributed by atoms with Crippen molar-refractivity contribution in [2.45, 2.75) is 25.4 Å². The van der Waals surface area contributed by atoms with Gasteiger partial charge in [0.15, 0.2) is 0 Å². The number of nitrogens with two attached hydrogens (primary N) is 1. The fraction of sp³-hybridized carbons (Fsp3) is 0.500. The minimum absolute atomic E-state index is 0.312. The number of primary amides is 1. The molecule has 0 spiro atoms. The summed E-state index contributed by atoms with van der Waals surface area (Å²) < 4.78 is 13.6. The molecule has 0 atom stereocenters. The van der Waals surface area contributed by atoms with Crippen LogP contribution in [0.2, 0.25) is 0 Å². The first-order valence-electron chi connectivity index (χ1n) is 6.57. The Hall–Kier alpha value is -1.46. The lowest BCUT2D eigenvalue weighted by Crippen LogP contribution is -2.30. The van der Waals surface area contributed by atoms with Crippen LogP contribution in [0, 0.1) is 5.82 Å². The molecule has 5 heteroatoms. The molecule has 4 nitrogen and oxygen atoms in total. The van der Waals surface area contributed by atoms with Gasteiger partial charge >= 0.3 is 0 Å². The van der Waals surface area contributed by atoms with E-state index in [9.17, 15) is 9.18 Å². The summed E-state index contributed by atoms with van der Waals surface area (Å²) >= 11 is 0. The van der Waals surface area contributed by atoms with Crippen LogP contribution in [-0.4, -0.2) is 37.0 Å². The molecule has 1 amide bonds. The highest BCUT2D eigenvalue weighted by Crippen LogP contribution is 2.24. The van der Waals surface area contributed by atoms with Gasteiger partial charge in [-0.15, -0.1) is 0 Å². The molecule has 1 aliphatic rings. The zero-order chi connectivity index (χ0) is 13.8. The maximum atomic E-state index is 13.6. The van der Waals surface area contributed by atoms with Crippen LogP contribution >= 0.6 is 0 Å². The summed E-state index contributed by atoms with van der Waals surface area (Å²) in [5, 5.41) is 3.19. The third kappa shape index (κ3) is 4.01. The van der Waals surface area contributed by atoms with E-state index in [4.69, 9.17) is 5.73 Å². The largest absolute Gasteiger partial charge is 0.366 e. The van der Waals surface area contributed by atoms with Gasteiger partial charge in [-0.1, -0.05) is 0 Å². The van der Waals surface area contributed by atoms with E-state index in [2.05, 4.69) is 17.3 Å². The molecule has 1 aromatic carbocycles. The van der Waals surface area contributed by atoms with Gasteiger partial charge in [0.1, 0.15) is 5.82 Å². The minimum Gasteiger partial charge on any atom is -0.366 e. The number of benzene rings is 1. The predicted molar refractivity (Wildman–Crippen MR) is 72.3 cm³/mol. The Bertz CT molecular complexity index is 460. The number of rotatable bonds is 7. The molecule has 1 saturated carbocycles. The number of halogens is 1. The second-order valence-electron chi connectivity index (χ2n) is 5.06. The molecule has 0 heterocycles. The smallest absolute Gasteiger partial charge is 0.248 e. The second kappa shape index (κ2) is 6.12. The molecule has 1 aliphatic carbocycles. The van der Waals surface area contributed by atoms with E-state index >= 15 is 0 Å². The second-order valence-corrected chi connectivity index (χ2v) is 5.06. The normalized spacial score (nSPS) is 14.9. The van der Waals surface area contributed by atoms with E-state index in [1.807, 2.05) is 0 Å². The fourth-order valence-electron chi connectivity index (χ4n) is 2.04. The van der Waals surface area contributed by atoms with Gasteiger partial charge in [-0.2, -0.15) is 0 Å². The first-order chi connectivity index (χ1) is 9.08. The Morgan fingerprint density at radius 2 is 2.26 bits per heavy atom. The molecule has 1 fully saturated rings. The number of amides is 1. The van der Waals surface area contributed by atoms with Crippen molar-refractivity contribution in [3.05, 3.63) is 35.1 Å². The molecule has 1 aromatic rings. The Morgan fingerprint density at radius 3 is 2.89 bits per heavy atom. The Kier molecular flexibility index (Phi) is 4.50. The van der Waals surface area contributed by atoms with Crippen molar-refractivity contribution in [1.29, 1.82) is 0 Å². The molecule has 0 unspecified atom stereocenters. The summed E-state index contributed by atoms with van der Waals surface area (Å²) in [5.41, 5.74) is 6.00. The zero-order valence-corrected chi connectivity index (χ0v) is 11.2. The maximum absolute atomic E-state index is 13.6. The van der Waals surface area contributed by atoms with Gasteiger partial charge in [0.25, 0.3) is 0 Å². The van der Waals surface area contributed by atoms with Crippen LogP contribution in [0.25, 0.3) is 0 Å². The first-order valence-corrected chi connectivity index (χ1v) is 6.57. The predicted octanol–water partition coefficient (Wildman–Crippen LogP) is 1.11. The zero-order valence-electron chi connectivity index (χ0n) is 11.2. The Balaban J connectivity index is 1.81. The standard InChI is InChI=1S/C14H20FN3O/c1-18(12-3-4-12)7-6-17-9-11-8-10(14(16)19)2-5-13(11)15/h2,5,8,12,17H,3-4,6-7,9H2,1H3,(H2,16,19). The molecule has 2 rings (SSSR count). The van der Waals surface area contributed by atoms with Crippen molar-refractivity contribution in [2.24, 2.45) is 5.73 Å². The highest BCUT2D eigenvalue weighted by atomic mass is 19.1. The lowest BCUT2D eigenvalue weighted by molar-refractivity contribution is 0.1000. The number of carbonyl (C=O) groups excluding carboxylic acids is 1. The number of nitrogens with one attached hydrogen (secondary N) is 1. The van der Waals surface area contributed by atoms with Crippen LogP contribution in [0.5, 0.6) is 0 Å². The number of nitrogens with zero attached hydrogens (tertiary/aromatic N) is 1. The molecule has 0 radical (unpaired) electrons. The van der Waals surface area contributed by atoms with Crippen LogP contribution in [0.1, 0.15) is 28.8 Å². The highest BCUT2D eigenvalue weighted by molar-refractivity contribution is 5.92. The molecular weight excluding hydrogens is 245 g/mol. The average Bonchev–Trinajstić information content (AvgIpc) is 3.20. The number of hydrogen-bond acceptors (Lipinski definition) is 3. The molecule has 0 saturated heterocycles. The molecule has 19 heavy (non-hydrogen) atoms. The highest BCUT2D eigenvalue weighted by Gasteiger charge is 2.25. The summed E-state index contributed by atoms with van der Waals surface area (Å²) in [7, 11) is 2.10. The van der Waals surface area contributed by atoms with E-state index in [0.29, 0.717) is 17.7 Å². The van der Waals surface area contributed by atoms with E-state index in [-0.39, 0.29) is 5.82 Å². The molecule has 0 aliphatic heterocycles. The van der Waals surface area contributed by atoms with E-state index in [0.717, 1.165) is 19.1 Å². The summed E-state index contributed by atoms with van der Waals surface area (Å²) in [5.74, 6) is -0.845.